The number of fused-ring (bicyclic) bond motifs is 4. The first-order valence-electron chi connectivity index (χ1n) is 15.1. The number of hydrogen-bond acceptors (Lipinski definition) is 6. The lowest BCUT2D eigenvalue weighted by atomic mass is 9.70. The third-order valence-electron chi connectivity index (χ3n) is 10.00. The zero-order valence-corrected chi connectivity index (χ0v) is 26.1. The fraction of sp³-hybridized carbons (Fsp3) is 0.531. The fourth-order valence-corrected chi connectivity index (χ4v) is 8.59. The average Bonchev–Trinajstić information content (AvgIpc) is 3.12. The van der Waals surface area contributed by atoms with Crippen LogP contribution in [0.3, 0.4) is 0 Å². The summed E-state index contributed by atoms with van der Waals surface area (Å²) in [6.07, 6.45) is 4.95. The van der Waals surface area contributed by atoms with Crippen molar-refractivity contribution in [2.24, 2.45) is 5.92 Å². The van der Waals surface area contributed by atoms with Gasteiger partial charge in [-0.25, -0.2) is 21.9 Å². The maximum absolute atomic E-state index is 15.5. The summed E-state index contributed by atoms with van der Waals surface area (Å²) in [4.78, 5) is 17.4. The van der Waals surface area contributed by atoms with Crippen LogP contribution in [0.4, 0.5) is 14.5 Å². The van der Waals surface area contributed by atoms with Crippen LogP contribution < -0.4 is 14.4 Å². The maximum atomic E-state index is 15.5. The third kappa shape index (κ3) is 5.66. The van der Waals surface area contributed by atoms with Gasteiger partial charge in [0.05, 0.1) is 23.6 Å². The van der Waals surface area contributed by atoms with Gasteiger partial charge in [-0.1, -0.05) is 30.7 Å². The van der Waals surface area contributed by atoms with E-state index in [1.807, 2.05) is 17.0 Å². The van der Waals surface area contributed by atoms with Gasteiger partial charge in [-0.2, -0.15) is 0 Å². The Morgan fingerprint density at radius 3 is 2.74 bits per heavy atom. The molecular formula is C32H38ClF2N3O4S. The molecule has 0 radical (unpaired) electrons. The van der Waals surface area contributed by atoms with E-state index >= 15 is 4.39 Å². The molecule has 232 valence electrons. The van der Waals surface area contributed by atoms with Crippen molar-refractivity contribution in [1.82, 2.24) is 9.62 Å². The molecular weight excluding hydrogens is 596 g/mol. The van der Waals surface area contributed by atoms with Crippen LogP contribution in [0.2, 0.25) is 5.02 Å². The van der Waals surface area contributed by atoms with Crippen molar-refractivity contribution < 1.29 is 26.7 Å². The predicted octanol–water partition coefficient (Wildman–Crippen LogP) is 5.57. The molecule has 0 aromatic heterocycles. The largest absolute Gasteiger partial charge is 0.490 e. The molecule has 1 fully saturated rings. The summed E-state index contributed by atoms with van der Waals surface area (Å²) in [6.45, 7) is 4.32. The lowest BCUT2D eigenvalue weighted by Crippen LogP contribution is -2.59. The van der Waals surface area contributed by atoms with E-state index in [4.69, 9.17) is 16.3 Å². The number of nitrogens with zero attached hydrogens (tertiary/aromatic N) is 2. The summed E-state index contributed by atoms with van der Waals surface area (Å²) in [6, 6.07) is 9.84. The Kier molecular flexibility index (Phi) is 8.23. The van der Waals surface area contributed by atoms with Gasteiger partial charge < -0.3 is 9.64 Å². The smallest absolute Gasteiger partial charge is 0.264 e. The number of hydrogen-bond donors (Lipinski definition) is 1. The Morgan fingerprint density at radius 2 is 2.00 bits per heavy atom. The van der Waals surface area contributed by atoms with Gasteiger partial charge in [-0.15, -0.1) is 0 Å². The van der Waals surface area contributed by atoms with Crippen LogP contribution in [0.15, 0.2) is 48.3 Å². The van der Waals surface area contributed by atoms with Gasteiger partial charge in [0.2, 0.25) is 10.0 Å². The minimum Gasteiger partial charge on any atom is -0.490 e. The monoisotopic (exact) mass is 633 g/mol. The van der Waals surface area contributed by atoms with E-state index in [0.29, 0.717) is 42.7 Å². The van der Waals surface area contributed by atoms with E-state index in [9.17, 15) is 17.6 Å². The zero-order chi connectivity index (χ0) is 30.5. The van der Waals surface area contributed by atoms with Gasteiger partial charge in [0, 0.05) is 41.7 Å². The van der Waals surface area contributed by atoms with Crippen LogP contribution >= 0.6 is 11.6 Å². The van der Waals surface area contributed by atoms with Crippen molar-refractivity contribution in [3.63, 3.8) is 0 Å². The van der Waals surface area contributed by atoms with Crippen molar-refractivity contribution in [1.29, 1.82) is 0 Å². The van der Waals surface area contributed by atoms with Gasteiger partial charge >= 0.3 is 0 Å². The molecule has 0 saturated carbocycles. The standard InChI is InChI=1S/C32H38ClF2N3O4S/c1-20-5-9-27(35)29(16-34)38-13-11-25(38)17-37-18-32(12-3-4-22-14-24(33)7-8-26(22)32)19-42-30-10-6-23(15-28(30)37)31(39)36-43(40,41)21(20)2/h6-10,14-15,20-21,25,29H,3-5,11-13,16-19H2,1-2H3,(H,36,39)/b27-9-/t20-,21+,25-,29-,32-/m0/s1. The first-order chi connectivity index (χ1) is 20.5. The molecule has 3 heterocycles. The number of amides is 1. The molecule has 0 unspecified atom stereocenters. The Balaban J connectivity index is 1.44. The van der Waals surface area contributed by atoms with Gasteiger partial charge in [0.25, 0.3) is 5.91 Å². The number of rotatable bonds is 1. The van der Waals surface area contributed by atoms with Crippen molar-refractivity contribution >= 4 is 33.2 Å². The number of anilines is 1. The number of nitrogens with one attached hydrogen (secondary N) is 1. The molecule has 1 amide bonds. The molecule has 2 aromatic carbocycles. The highest BCUT2D eigenvalue weighted by Crippen LogP contribution is 2.45. The Morgan fingerprint density at radius 1 is 1.19 bits per heavy atom. The van der Waals surface area contributed by atoms with Crippen LogP contribution in [-0.2, 0) is 21.9 Å². The van der Waals surface area contributed by atoms with Gasteiger partial charge in [0.15, 0.2) is 0 Å². The number of carbonyl (C=O) groups excluding carboxylic acids is 1. The van der Waals surface area contributed by atoms with E-state index in [1.54, 1.807) is 25.1 Å². The lowest BCUT2D eigenvalue weighted by molar-refractivity contribution is 0.0389. The number of carbonyl (C=O) groups is 1. The van der Waals surface area contributed by atoms with E-state index < -0.39 is 45.6 Å². The average molecular weight is 634 g/mol. The second-order valence-electron chi connectivity index (χ2n) is 12.6. The van der Waals surface area contributed by atoms with Crippen LogP contribution in [-0.4, -0.2) is 69.5 Å². The van der Waals surface area contributed by atoms with Gasteiger partial charge in [0.1, 0.15) is 18.3 Å². The highest BCUT2D eigenvalue weighted by Gasteiger charge is 2.44. The summed E-state index contributed by atoms with van der Waals surface area (Å²) in [7, 11) is -4.07. The summed E-state index contributed by atoms with van der Waals surface area (Å²) < 4.78 is 64.9. The topological polar surface area (TPSA) is 79.0 Å². The minimum absolute atomic E-state index is 0.103. The first-order valence-corrected chi connectivity index (χ1v) is 17.0. The van der Waals surface area contributed by atoms with Crippen LogP contribution in [0.5, 0.6) is 5.75 Å². The highest BCUT2D eigenvalue weighted by molar-refractivity contribution is 7.90. The van der Waals surface area contributed by atoms with Crippen molar-refractivity contribution in [2.75, 3.05) is 37.8 Å². The Bertz CT molecular complexity index is 1550. The predicted molar refractivity (Wildman–Crippen MR) is 164 cm³/mol. The molecule has 7 nitrogen and oxygen atoms in total. The number of ether oxygens (including phenoxy) is 1. The fourth-order valence-electron chi connectivity index (χ4n) is 7.11. The quantitative estimate of drug-likeness (QED) is 0.443. The number of sulfonamides is 1. The Hall–Kier alpha value is -2.69. The summed E-state index contributed by atoms with van der Waals surface area (Å²) in [5, 5.41) is -0.292. The number of halogens is 3. The van der Waals surface area contributed by atoms with Crippen molar-refractivity contribution in [3.8, 4) is 5.75 Å². The van der Waals surface area contributed by atoms with Crippen molar-refractivity contribution in [2.45, 2.75) is 68.7 Å². The molecule has 2 aromatic rings. The SMILES string of the molecule is C[C@@H]1[C@@H](C)C/C=C(\F)[C@H](CF)N2CC[C@H]2CN2C[C@@]3(CCCc4cc(Cl)ccc43)COc3ccc(cc32)C(=O)NS1(=O)=O. The minimum atomic E-state index is -4.07. The molecule has 1 N–H and O–H groups in total. The van der Waals surface area contributed by atoms with Gasteiger partial charge in [-0.3, -0.25) is 9.69 Å². The molecule has 1 saturated heterocycles. The van der Waals surface area contributed by atoms with E-state index in [2.05, 4.69) is 15.7 Å². The first kappa shape index (κ1) is 30.3. The van der Waals surface area contributed by atoms with E-state index in [0.717, 1.165) is 25.7 Å². The molecule has 5 atom stereocenters. The molecule has 6 rings (SSSR count). The summed E-state index contributed by atoms with van der Waals surface area (Å²) in [5.41, 5.74) is 2.86. The lowest BCUT2D eigenvalue weighted by Gasteiger charge is -2.48. The van der Waals surface area contributed by atoms with Crippen LogP contribution in [0.1, 0.15) is 61.0 Å². The molecule has 4 aliphatic rings. The Labute approximate surface area is 257 Å². The molecule has 2 bridgehead atoms. The second-order valence-corrected chi connectivity index (χ2v) is 15.1. The van der Waals surface area contributed by atoms with Gasteiger partial charge in [-0.05, 0) is 86.4 Å². The molecule has 11 heteroatoms. The molecule has 1 spiro atoms. The summed E-state index contributed by atoms with van der Waals surface area (Å²) in [5.74, 6) is -1.23. The number of benzene rings is 2. The van der Waals surface area contributed by atoms with Crippen molar-refractivity contribution in [3.05, 3.63) is 70.0 Å². The number of alkyl halides is 1. The number of allylic oxidation sites excluding steroid dienone is 1. The zero-order valence-electron chi connectivity index (χ0n) is 24.5. The van der Waals surface area contributed by atoms with E-state index in [1.165, 1.54) is 24.1 Å². The molecule has 3 aliphatic heterocycles. The highest BCUT2D eigenvalue weighted by atomic mass is 35.5. The third-order valence-corrected chi connectivity index (χ3v) is 12.1. The summed E-state index contributed by atoms with van der Waals surface area (Å²) >= 11 is 6.36. The van der Waals surface area contributed by atoms with Crippen LogP contribution in [0.25, 0.3) is 0 Å². The number of aryl methyl sites for hydroxylation is 1. The second kappa shape index (κ2) is 11.7. The van der Waals surface area contributed by atoms with Crippen LogP contribution in [0, 0.1) is 5.92 Å². The molecule has 1 aliphatic carbocycles. The van der Waals surface area contributed by atoms with E-state index in [-0.39, 0.29) is 23.4 Å². The molecule has 43 heavy (non-hydrogen) atoms. The maximum Gasteiger partial charge on any atom is 0.264 e. The normalized spacial score (nSPS) is 32.3.